The molecule has 3 rings (SSSR count). The van der Waals surface area contributed by atoms with Gasteiger partial charge in [0.15, 0.2) is 0 Å². The molecule has 2 heterocycles. The van der Waals surface area contributed by atoms with E-state index in [2.05, 4.69) is 42.5 Å². The van der Waals surface area contributed by atoms with E-state index in [-0.39, 0.29) is 12.1 Å². The molecule has 0 amide bonds. The summed E-state index contributed by atoms with van der Waals surface area (Å²) in [5.74, 6) is 0. The quantitative estimate of drug-likeness (QED) is 0.940. The molecule has 0 radical (unpaired) electrons. The molecule has 0 bridgehead atoms. The van der Waals surface area contributed by atoms with Gasteiger partial charge in [-0.25, -0.2) is 0 Å². The van der Waals surface area contributed by atoms with Gasteiger partial charge in [-0.1, -0.05) is 29.8 Å². The van der Waals surface area contributed by atoms with Gasteiger partial charge in [0.2, 0.25) is 0 Å². The maximum atomic E-state index is 6.38. The number of benzene rings is 1. The van der Waals surface area contributed by atoms with Crippen LogP contribution in [0.5, 0.6) is 0 Å². The number of aromatic nitrogens is 2. The highest BCUT2D eigenvalue weighted by Crippen LogP contribution is 2.32. The number of fused-ring (bicyclic) bond motifs is 1. The van der Waals surface area contributed by atoms with Crippen molar-refractivity contribution in [1.82, 2.24) is 15.1 Å². The summed E-state index contributed by atoms with van der Waals surface area (Å²) in [6.45, 7) is 5.62. The molecule has 1 aromatic heterocycles. The van der Waals surface area contributed by atoms with Crippen molar-refractivity contribution >= 4 is 11.6 Å². The summed E-state index contributed by atoms with van der Waals surface area (Å²) in [4.78, 5) is 0. The largest absolute Gasteiger partial charge is 0.372 e. The van der Waals surface area contributed by atoms with Gasteiger partial charge in [0.1, 0.15) is 0 Å². The van der Waals surface area contributed by atoms with Crippen molar-refractivity contribution in [1.29, 1.82) is 0 Å². The molecule has 1 unspecified atom stereocenters. The van der Waals surface area contributed by atoms with E-state index in [4.69, 9.17) is 16.3 Å². The molecule has 112 valence electrons. The highest BCUT2D eigenvalue weighted by atomic mass is 35.5. The van der Waals surface area contributed by atoms with Crippen LogP contribution in [-0.4, -0.2) is 16.8 Å². The fourth-order valence-corrected chi connectivity index (χ4v) is 3.10. The van der Waals surface area contributed by atoms with Crippen LogP contribution in [0, 0.1) is 0 Å². The van der Waals surface area contributed by atoms with E-state index >= 15 is 0 Å². The van der Waals surface area contributed by atoms with E-state index in [1.54, 1.807) is 6.20 Å². The van der Waals surface area contributed by atoms with Crippen molar-refractivity contribution in [2.45, 2.75) is 39.1 Å². The van der Waals surface area contributed by atoms with Crippen LogP contribution in [0.1, 0.15) is 48.3 Å². The van der Waals surface area contributed by atoms with Gasteiger partial charge in [0.05, 0.1) is 36.2 Å². The van der Waals surface area contributed by atoms with E-state index in [9.17, 15) is 0 Å². The first-order valence-electron chi connectivity index (χ1n) is 7.21. The third-order valence-electron chi connectivity index (χ3n) is 3.92. The third kappa shape index (κ3) is 2.59. The minimum atomic E-state index is 0.0216. The maximum absolute atomic E-state index is 6.38. The minimum absolute atomic E-state index is 0.0216. The smallest absolute Gasteiger partial charge is 0.0837 e. The fourth-order valence-electron chi connectivity index (χ4n) is 2.87. The monoisotopic (exact) mass is 305 g/mol. The van der Waals surface area contributed by atoms with Crippen molar-refractivity contribution in [3.8, 4) is 0 Å². The summed E-state index contributed by atoms with van der Waals surface area (Å²) in [6, 6.07) is 6.78. The molecule has 1 aliphatic heterocycles. The Morgan fingerprint density at radius 2 is 2.05 bits per heavy atom. The van der Waals surface area contributed by atoms with Gasteiger partial charge in [-0.05, 0) is 37.6 Å². The van der Waals surface area contributed by atoms with Gasteiger partial charge in [-0.15, -0.1) is 0 Å². The summed E-state index contributed by atoms with van der Waals surface area (Å²) in [5.41, 5.74) is 4.73. The Hall–Kier alpha value is -1.36. The van der Waals surface area contributed by atoms with Crippen LogP contribution in [0.4, 0.5) is 0 Å². The molecular formula is C16H20ClN3O. The van der Waals surface area contributed by atoms with Crippen LogP contribution >= 0.6 is 11.6 Å². The van der Waals surface area contributed by atoms with Gasteiger partial charge in [0, 0.05) is 6.04 Å². The zero-order valence-electron chi connectivity index (χ0n) is 12.6. The Morgan fingerprint density at radius 3 is 2.76 bits per heavy atom. The summed E-state index contributed by atoms with van der Waals surface area (Å²) in [7, 11) is 1.95. The topological polar surface area (TPSA) is 39.1 Å². The second-order valence-electron chi connectivity index (χ2n) is 5.66. The summed E-state index contributed by atoms with van der Waals surface area (Å²) < 4.78 is 7.48. The van der Waals surface area contributed by atoms with Crippen LogP contribution in [0.15, 0.2) is 24.4 Å². The zero-order valence-corrected chi connectivity index (χ0v) is 13.3. The summed E-state index contributed by atoms with van der Waals surface area (Å²) >= 11 is 6.38. The highest BCUT2D eigenvalue weighted by Gasteiger charge is 2.23. The molecule has 4 nitrogen and oxygen atoms in total. The lowest BCUT2D eigenvalue weighted by atomic mass is 9.99. The number of hydrogen-bond acceptors (Lipinski definition) is 3. The van der Waals surface area contributed by atoms with Crippen LogP contribution in [-0.2, 0) is 18.0 Å². The number of nitrogens with one attached hydrogen (secondary N) is 1. The zero-order chi connectivity index (χ0) is 15.0. The Morgan fingerprint density at radius 1 is 1.29 bits per heavy atom. The van der Waals surface area contributed by atoms with Gasteiger partial charge in [-0.2, -0.15) is 5.10 Å². The van der Waals surface area contributed by atoms with Crippen molar-refractivity contribution in [3.05, 3.63) is 51.8 Å². The average Bonchev–Trinajstić information content (AvgIpc) is 3.07. The molecule has 0 fully saturated rings. The number of nitrogens with zero attached hydrogens (tertiary/aromatic N) is 2. The minimum Gasteiger partial charge on any atom is -0.372 e. The summed E-state index contributed by atoms with van der Waals surface area (Å²) in [6.07, 6.45) is 1.72. The Labute approximate surface area is 130 Å². The molecule has 0 saturated carbocycles. The standard InChI is InChI=1S/C16H20ClN3O/c1-10(2)20-16(14(17)7-19-20)15(18-3)11-4-5-12-8-21-9-13(12)6-11/h4-7,10,15,18H,8-9H2,1-3H3. The molecule has 0 spiro atoms. The predicted octanol–water partition coefficient (Wildman–Crippen LogP) is 3.46. The Kier molecular flexibility index (Phi) is 4.02. The van der Waals surface area contributed by atoms with Crippen LogP contribution in [0.25, 0.3) is 0 Å². The summed E-state index contributed by atoms with van der Waals surface area (Å²) in [5, 5.41) is 8.46. The van der Waals surface area contributed by atoms with Crippen LogP contribution in [0.3, 0.4) is 0 Å². The molecular weight excluding hydrogens is 286 g/mol. The van der Waals surface area contributed by atoms with Gasteiger partial charge < -0.3 is 10.1 Å². The molecule has 1 atom stereocenters. The van der Waals surface area contributed by atoms with E-state index in [0.29, 0.717) is 18.2 Å². The number of halogens is 1. The molecule has 5 heteroatoms. The van der Waals surface area contributed by atoms with Gasteiger partial charge in [-0.3, -0.25) is 4.68 Å². The van der Waals surface area contributed by atoms with Gasteiger partial charge >= 0.3 is 0 Å². The first-order chi connectivity index (χ1) is 10.1. The first-order valence-corrected chi connectivity index (χ1v) is 7.59. The lowest BCUT2D eigenvalue weighted by Gasteiger charge is -2.21. The molecule has 21 heavy (non-hydrogen) atoms. The second-order valence-corrected chi connectivity index (χ2v) is 6.07. The molecule has 2 aromatic rings. The number of hydrogen-bond donors (Lipinski definition) is 1. The first kappa shape index (κ1) is 14.6. The number of ether oxygens (including phenoxy) is 1. The average molecular weight is 306 g/mol. The van der Waals surface area contributed by atoms with Crippen molar-refractivity contribution < 1.29 is 4.74 Å². The fraction of sp³-hybridized carbons (Fsp3) is 0.438. The van der Waals surface area contributed by atoms with E-state index < -0.39 is 0 Å². The molecule has 0 aliphatic carbocycles. The lowest BCUT2D eigenvalue weighted by molar-refractivity contribution is 0.134. The number of rotatable bonds is 4. The Bertz CT molecular complexity index is 651. The Balaban J connectivity index is 2.05. The molecule has 0 saturated heterocycles. The predicted molar refractivity (Wildman–Crippen MR) is 83.5 cm³/mol. The molecule has 1 aromatic carbocycles. The van der Waals surface area contributed by atoms with Crippen molar-refractivity contribution in [2.75, 3.05) is 7.05 Å². The normalized spacial score (nSPS) is 15.5. The maximum Gasteiger partial charge on any atom is 0.0837 e. The lowest BCUT2D eigenvalue weighted by Crippen LogP contribution is -2.23. The van der Waals surface area contributed by atoms with Crippen molar-refractivity contribution in [2.24, 2.45) is 0 Å². The third-order valence-corrected chi connectivity index (χ3v) is 4.21. The van der Waals surface area contributed by atoms with E-state index in [0.717, 1.165) is 5.69 Å². The van der Waals surface area contributed by atoms with E-state index in [1.807, 2.05) is 11.7 Å². The highest BCUT2D eigenvalue weighted by molar-refractivity contribution is 6.31. The SMILES string of the molecule is CNC(c1ccc2c(c1)COC2)c1c(Cl)cnn1C(C)C. The van der Waals surface area contributed by atoms with Crippen LogP contribution in [0.2, 0.25) is 5.02 Å². The van der Waals surface area contributed by atoms with Crippen LogP contribution < -0.4 is 5.32 Å². The molecule has 1 N–H and O–H groups in total. The van der Waals surface area contributed by atoms with Gasteiger partial charge in [0.25, 0.3) is 0 Å². The second kappa shape index (κ2) is 5.79. The van der Waals surface area contributed by atoms with E-state index in [1.165, 1.54) is 16.7 Å². The molecule has 1 aliphatic rings. The van der Waals surface area contributed by atoms with Crippen molar-refractivity contribution in [3.63, 3.8) is 0 Å².